The third kappa shape index (κ3) is 2.31. The zero-order valence-corrected chi connectivity index (χ0v) is 8.91. The first-order valence-electron chi connectivity index (χ1n) is 5.03. The predicted molar refractivity (Wildman–Crippen MR) is 53.2 cm³/mol. The number of aliphatic carboxylic acids is 1. The van der Waals surface area contributed by atoms with E-state index in [-0.39, 0.29) is 6.42 Å². The maximum absolute atomic E-state index is 11.7. The van der Waals surface area contributed by atoms with Crippen LogP contribution in [-0.4, -0.2) is 56.5 Å². The molecule has 1 heterocycles. The lowest BCUT2D eigenvalue weighted by Crippen LogP contribution is -2.61. The molecule has 0 saturated carbocycles. The Hall–Kier alpha value is -1.18. The van der Waals surface area contributed by atoms with Crippen molar-refractivity contribution >= 4 is 11.9 Å². The number of piperidine rings is 1. The summed E-state index contributed by atoms with van der Waals surface area (Å²) < 4.78 is 0. The number of nitrogens with zero attached hydrogens (tertiary/aromatic N) is 1. The molecule has 1 aliphatic rings. The molecule has 0 bridgehead atoms. The van der Waals surface area contributed by atoms with Crippen molar-refractivity contribution in [2.24, 2.45) is 5.73 Å². The summed E-state index contributed by atoms with van der Waals surface area (Å²) in [5, 5.41) is 27.8. The van der Waals surface area contributed by atoms with Crippen LogP contribution >= 0.6 is 0 Å². The first-order valence-corrected chi connectivity index (χ1v) is 5.03. The van der Waals surface area contributed by atoms with E-state index < -0.39 is 36.3 Å². The van der Waals surface area contributed by atoms with Crippen molar-refractivity contribution in [2.75, 3.05) is 0 Å². The summed E-state index contributed by atoms with van der Waals surface area (Å²) in [5.41, 5.74) is 5.49. The van der Waals surface area contributed by atoms with Crippen LogP contribution in [0.1, 0.15) is 19.8 Å². The predicted octanol–water partition coefficient (Wildman–Crippen LogP) is -1.91. The highest BCUT2D eigenvalue weighted by Crippen LogP contribution is 2.20. The fraction of sp³-hybridized carbons (Fsp3) is 0.778. The molecule has 1 fully saturated rings. The molecule has 4 atom stereocenters. The normalized spacial score (nSPS) is 30.0. The number of amides is 1. The highest BCUT2D eigenvalue weighted by molar-refractivity contribution is 5.88. The van der Waals surface area contributed by atoms with Gasteiger partial charge in [0.15, 0.2) is 6.04 Å². The fourth-order valence-corrected chi connectivity index (χ4v) is 1.81. The zero-order valence-electron chi connectivity index (χ0n) is 8.91. The molecular weight excluding hydrogens is 216 g/mol. The minimum Gasteiger partial charge on any atom is -0.480 e. The molecule has 5 N–H and O–H groups in total. The van der Waals surface area contributed by atoms with Crippen LogP contribution < -0.4 is 5.73 Å². The number of carbonyl (C=O) groups is 2. The molecular formula is C9H16N2O5. The Bertz CT molecular complexity index is 294. The van der Waals surface area contributed by atoms with Gasteiger partial charge in [-0.3, -0.25) is 9.69 Å². The van der Waals surface area contributed by atoms with Crippen molar-refractivity contribution in [3.8, 4) is 0 Å². The molecule has 1 rings (SSSR count). The molecule has 16 heavy (non-hydrogen) atoms. The highest BCUT2D eigenvalue weighted by Gasteiger charge is 2.42. The molecule has 0 aromatic heterocycles. The molecule has 7 nitrogen and oxygen atoms in total. The Kier molecular flexibility index (Phi) is 3.84. The molecule has 0 aromatic carbocycles. The van der Waals surface area contributed by atoms with Crippen molar-refractivity contribution in [1.29, 1.82) is 0 Å². The van der Waals surface area contributed by atoms with Crippen LogP contribution in [0.5, 0.6) is 0 Å². The van der Waals surface area contributed by atoms with Gasteiger partial charge in [0.2, 0.25) is 5.91 Å². The van der Waals surface area contributed by atoms with Crippen molar-refractivity contribution in [1.82, 2.24) is 4.90 Å². The number of hydrogen-bond acceptors (Lipinski definition) is 5. The van der Waals surface area contributed by atoms with Crippen LogP contribution in [0.25, 0.3) is 0 Å². The summed E-state index contributed by atoms with van der Waals surface area (Å²) in [6.07, 6.45) is -1.96. The number of likely N-dealkylation sites (tertiary alicyclic amines) is 1. The number of carboxylic acid groups (broad SMARTS) is 1. The topological polar surface area (TPSA) is 124 Å². The van der Waals surface area contributed by atoms with E-state index in [0.29, 0.717) is 6.42 Å². The Labute approximate surface area is 92.5 Å². The van der Waals surface area contributed by atoms with Gasteiger partial charge in [-0.1, -0.05) is 0 Å². The summed E-state index contributed by atoms with van der Waals surface area (Å²) in [6, 6.07) is -2.28. The van der Waals surface area contributed by atoms with Gasteiger partial charge in [-0.25, -0.2) is 4.79 Å². The van der Waals surface area contributed by atoms with Gasteiger partial charge in [-0.05, 0) is 19.8 Å². The minimum atomic E-state index is -1.46. The number of aliphatic hydroxyl groups excluding tert-OH is 2. The third-order valence-electron chi connectivity index (χ3n) is 2.64. The second-order valence-corrected chi connectivity index (χ2v) is 3.93. The monoisotopic (exact) mass is 232 g/mol. The van der Waals surface area contributed by atoms with Crippen molar-refractivity contribution < 1.29 is 24.9 Å². The quantitative estimate of drug-likeness (QED) is 0.450. The van der Waals surface area contributed by atoms with Gasteiger partial charge in [0.05, 0.1) is 12.1 Å². The van der Waals surface area contributed by atoms with Gasteiger partial charge in [0, 0.05) is 0 Å². The van der Waals surface area contributed by atoms with E-state index in [2.05, 4.69) is 0 Å². The molecule has 1 amide bonds. The lowest BCUT2D eigenvalue weighted by molar-refractivity contribution is -0.171. The summed E-state index contributed by atoms with van der Waals surface area (Å²) in [6.45, 7) is 1.25. The van der Waals surface area contributed by atoms with E-state index in [9.17, 15) is 19.8 Å². The maximum Gasteiger partial charge on any atom is 0.329 e. The van der Waals surface area contributed by atoms with Crippen LogP contribution in [0.2, 0.25) is 0 Å². The number of carbonyl (C=O) groups excluding carboxylic acids is 1. The van der Waals surface area contributed by atoms with E-state index in [4.69, 9.17) is 10.8 Å². The van der Waals surface area contributed by atoms with Gasteiger partial charge in [0.25, 0.3) is 0 Å². The van der Waals surface area contributed by atoms with Crippen LogP contribution in [-0.2, 0) is 9.59 Å². The van der Waals surface area contributed by atoms with Crippen molar-refractivity contribution in [3.05, 3.63) is 0 Å². The zero-order chi connectivity index (χ0) is 12.5. The summed E-state index contributed by atoms with van der Waals surface area (Å²) in [5.74, 6) is -2.01. The van der Waals surface area contributed by atoms with Crippen LogP contribution in [0.3, 0.4) is 0 Å². The SMILES string of the molecule is C[C@@H](O)[C@@H](C(=O)O)N1C(=O)[C@@H](N)CC[C@H]1O. The van der Waals surface area contributed by atoms with Crippen molar-refractivity contribution in [2.45, 2.75) is 44.2 Å². The van der Waals surface area contributed by atoms with E-state index in [1.807, 2.05) is 0 Å². The summed E-state index contributed by atoms with van der Waals surface area (Å²) in [4.78, 5) is 23.3. The molecule has 0 aromatic rings. The first kappa shape index (κ1) is 12.9. The van der Waals surface area contributed by atoms with Gasteiger partial charge in [-0.15, -0.1) is 0 Å². The molecule has 0 unspecified atom stereocenters. The second-order valence-electron chi connectivity index (χ2n) is 3.93. The van der Waals surface area contributed by atoms with Crippen LogP contribution in [0.4, 0.5) is 0 Å². The molecule has 92 valence electrons. The molecule has 0 radical (unpaired) electrons. The van der Waals surface area contributed by atoms with E-state index >= 15 is 0 Å². The van der Waals surface area contributed by atoms with E-state index in [0.717, 1.165) is 4.90 Å². The van der Waals surface area contributed by atoms with Crippen LogP contribution in [0.15, 0.2) is 0 Å². The molecule has 7 heteroatoms. The van der Waals surface area contributed by atoms with E-state index in [1.165, 1.54) is 6.92 Å². The van der Waals surface area contributed by atoms with Crippen molar-refractivity contribution in [3.63, 3.8) is 0 Å². The van der Waals surface area contributed by atoms with Gasteiger partial charge >= 0.3 is 5.97 Å². The number of nitrogens with two attached hydrogens (primary N) is 1. The van der Waals surface area contributed by atoms with Gasteiger partial charge in [0.1, 0.15) is 6.23 Å². The molecule has 1 aliphatic heterocycles. The standard InChI is InChI=1S/C9H16N2O5/c1-4(12)7(9(15)16)11-6(13)3-2-5(10)8(11)14/h4-7,12-13H,2-3,10H2,1H3,(H,15,16)/t4-,5+,6-,7+/m1/s1. The number of aliphatic hydroxyl groups is 2. The smallest absolute Gasteiger partial charge is 0.329 e. The lowest BCUT2D eigenvalue weighted by Gasteiger charge is -2.39. The van der Waals surface area contributed by atoms with Crippen LogP contribution in [0, 0.1) is 0 Å². The molecule has 1 saturated heterocycles. The molecule has 0 aliphatic carbocycles. The second kappa shape index (κ2) is 4.77. The average molecular weight is 232 g/mol. The van der Waals surface area contributed by atoms with Gasteiger partial charge in [-0.2, -0.15) is 0 Å². The Morgan fingerprint density at radius 3 is 2.56 bits per heavy atom. The number of hydrogen-bond donors (Lipinski definition) is 4. The average Bonchev–Trinajstić information content (AvgIpc) is 2.17. The number of rotatable bonds is 3. The van der Waals surface area contributed by atoms with E-state index in [1.54, 1.807) is 0 Å². The Morgan fingerprint density at radius 2 is 2.12 bits per heavy atom. The highest BCUT2D eigenvalue weighted by atomic mass is 16.4. The first-order chi connectivity index (χ1) is 7.36. The van der Waals surface area contributed by atoms with Gasteiger partial charge < -0.3 is 21.1 Å². The lowest BCUT2D eigenvalue weighted by atomic mass is 10.00. The third-order valence-corrected chi connectivity index (χ3v) is 2.64. The number of carboxylic acids is 1. The summed E-state index contributed by atoms with van der Waals surface area (Å²) >= 11 is 0. The minimum absolute atomic E-state index is 0.212. The summed E-state index contributed by atoms with van der Waals surface area (Å²) in [7, 11) is 0. The Balaban J connectivity index is 2.96. The fourth-order valence-electron chi connectivity index (χ4n) is 1.81. The maximum atomic E-state index is 11.7. The molecule has 0 spiro atoms. The largest absolute Gasteiger partial charge is 0.480 e. The Morgan fingerprint density at radius 1 is 1.56 bits per heavy atom.